The van der Waals surface area contributed by atoms with Crippen LogP contribution >= 0.6 is 11.6 Å². The van der Waals surface area contributed by atoms with Crippen molar-refractivity contribution in [3.63, 3.8) is 0 Å². The minimum absolute atomic E-state index is 0.0842. The summed E-state index contributed by atoms with van der Waals surface area (Å²) in [5.74, 6) is -0.143. The first-order valence-electron chi connectivity index (χ1n) is 11.0. The van der Waals surface area contributed by atoms with Crippen molar-refractivity contribution >= 4 is 40.0 Å². The summed E-state index contributed by atoms with van der Waals surface area (Å²) in [5, 5.41) is 8.46. The van der Waals surface area contributed by atoms with Crippen molar-refractivity contribution in [2.75, 3.05) is 5.73 Å². The molecule has 1 heterocycles. The van der Waals surface area contributed by atoms with Crippen LogP contribution < -0.4 is 16.4 Å². The van der Waals surface area contributed by atoms with Gasteiger partial charge >= 0.3 is 0 Å². The summed E-state index contributed by atoms with van der Waals surface area (Å²) in [6.07, 6.45) is 2.05. The Morgan fingerprint density at radius 3 is 2.44 bits per heavy atom. The number of hydrogen-bond donors (Lipinski definition) is 3. The molecule has 0 saturated carbocycles. The number of nitrogen functional groups attached to an aromatic ring is 1. The standard InChI is InChI=1S/C27H25ClN4O2/c28-23-11-4-2-7-21(23)15-26(33)32-24(27(34)31-17-18-12-13-25(29)30-16-18)14-20-9-5-8-19-6-1-3-10-22(19)20/h1-13,16,24H,14-15,17H2,(H2,29,30)(H,31,34)(H,32,33). The normalized spacial score (nSPS) is 11.7. The molecule has 0 spiro atoms. The molecule has 0 aliphatic rings. The number of halogens is 1. The Morgan fingerprint density at radius 1 is 0.912 bits per heavy atom. The van der Waals surface area contributed by atoms with Crippen molar-refractivity contribution in [3.8, 4) is 0 Å². The maximum atomic E-state index is 13.2. The summed E-state index contributed by atoms with van der Waals surface area (Å²) in [6, 6.07) is 23.9. The number of benzene rings is 3. The van der Waals surface area contributed by atoms with Gasteiger partial charge in [0.2, 0.25) is 11.8 Å². The van der Waals surface area contributed by atoms with E-state index in [2.05, 4.69) is 15.6 Å². The zero-order chi connectivity index (χ0) is 23.9. The van der Waals surface area contributed by atoms with Crippen LogP contribution in [0.25, 0.3) is 10.8 Å². The monoisotopic (exact) mass is 472 g/mol. The fourth-order valence-electron chi connectivity index (χ4n) is 3.81. The second kappa shape index (κ2) is 10.8. The fourth-order valence-corrected chi connectivity index (χ4v) is 4.02. The molecule has 172 valence electrons. The van der Waals surface area contributed by atoms with Crippen molar-refractivity contribution < 1.29 is 9.59 Å². The number of fused-ring (bicyclic) bond motifs is 1. The van der Waals surface area contributed by atoms with Crippen LogP contribution in [0.4, 0.5) is 5.82 Å². The molecule has 3 aromatic carbocycles. The van der Waals surface area contributed by atoms with Gasteiger partial charge < -0.3 is 16.4 Å². The lowest BCUT2D eigenvalue weighted by Crippen LogP contribution is -2.48. The van der Waals surface area contributed by atoms with E-state index >= 15 is 0 Å². The number of nitrogens with two attached hydrogens (primary N) is 1. The molecular weight excluding hydrogens is 448 g/mol. The quantitative estimate of drug-likeness (QED) is 0.360. The summed E-state index contributed by atoms with van der Waals surface area (Å²) in [7, 11) is 0. The van der Waals surface area contributed by atoms with E-state index in [0.717, 1.165) is 21.9 Å². The first-order chi connectivity index (χ1) is 16.5. The number of hydrogen-bond acceptors (Lipinski definition) is 4. The van der Waals surface area contributed by atoms with E-state index in [1.54, 1.807) is 30.5 Å². The lowest BCUT2D eigenvalue weighted by atomic mass is 9.98. The highest BCUT2D eigenvalue weighted by Gasteiger charge is 2.22. The summed E-state index contributed by atoms with van der Waals surface area (Å²) in [6.45, 7) is 0.276. The van der Waals surface area contributed by atoms with E-state index in [9.17, 15) is 9.59 Å². The molecule has 1 atom stereocenters. The molecule has 7 heteroatoms. The molecule has 4 rings (SSSR count). The van der Waals surface area contributed by atoms with Crippen LogP contribution in [0.5, 0.6) is 0 Å². The van der Waals surface area contributed by atoms with Gasteiger partial charge in [-0.05, 0) is 39.6 Å². The van der Waals surface area contributed by atoms with Gasteiger partial charge in [0.05, 0.1) is 6.42 Å². The molecule has 34 heavy (non-hydrogen) atoms. The summed E-state index contributed by atoms with van der Waals surface area (Å²) >= 11 is 6.22. The fraction of sp³-hybridized carbons (Fsp3) is 0.148. The van der Waals surface area contributed by atoms with Crippen LogP contribution in [0.15, 0.2) is 85.1 Å². The maximum Gasteiger partial charge on any atom is 0.243 e. The minimum Gasteiger partial charge on any atom is -0.384 e. The van der Waals surface area contributed by atoms with Crippen LogP contribution in [-0.2, 0) is 29.0 Å². The van der Waals surface area contributed by atoms with E-state index in [4.69, 9.17) is 17.3 Å². The van der Waals surface area contributed by atoms with E-state index in [0.29, 0.717) is 22.8 Å². The second-order valence-electron chi connectivity index (χ2n) is 8.04. The lowest BCUT2D eigenvalue weighted by Gasteiger charge is -2.20. The van der Waals surface area contributed by atoms with Crippen LogP contribution in [0.2, 0.25) is 5.02 Å². The molecule has 0 bridgehead atoms. The van der Waals surface area contributed by atoms with Gasteiger partial charge in [0.25, 0.3) is 0 Å². The van der Waals surface area contributed by atoms with Gasteiger partial charge in [0, 0.05) is 24.2 Å². The zero-order valence-electron chi connectivity index (χ0n) is 18.5. The third kappa shape index (κ3) is 5.91. The molecule has 0 fully saturated rings. The molecular formula is C27H25ClN4O2. The van der Waals surface area contributed by atoms with E-state index in [1.165, 1.54) is 0 Å². The van der Waals surface area contributed by atoms with Gasteiger partial charge in [-0.1, -0.05) is 78.3 Å². The highest BCUT2D eigenvalue weighted by atomic mass is 35.5. The predicted octanol–water partition coefficient (Wildman–Crippen LogP) is 4.06. The highest BCUT2D eigenvalue weighted by molar-refractivity contribution is 6.31. The van der Waals surface area contributed by atoms with Gasteiger partial charge in [-0.2, -0.15) is 0 Å². The van der Waals surface area contributed by atoms with Crippen molar-refractivity contribution in [2.24, 2.45) is 0 Å². The minimum atomic E-state index is -0.762. The third-order valence-electron chi connectivity index (χ3n) is 5.58. The molecule has 0 saturated heterocycles. The van der Waals surface area contributed by atoms with E-state index < -0.39 is 6.04 Å². The van der Waals surface area contributed by atoms with Gasteiger partial charge in [0.15, 0.2) is 0 Å². The van der Waals surface area contributed by atoms with Crippen LogP contribution in [-0.4, -0.2) is 22.8 Å². The van der Waals surface area contributed by atoms with Crippen LogP contribution in [0, 0.1) is 0 Å². The second-order valence-corrected chi connectivity index (χ2v) is 8.45. The average molecular weight is 473 g/mol. The predicted molar refractivity (Wildman–Crippen MR) is 135 cm³/mol. The Kier molecular flexibility index (Phi) is 7.40. The number of nitrogens with zero attached hydrogens (tertiary/aromatic N) is 1. The number of carbonyl (C=O) groups is 2. The molecule has 0 radical (unpaired) electrons. The van der Waals surface area contributed by atoms with Gasteiger partial charge in [0.1, 0.15) is 11.9 Å². The number of anilines is 1. The summed E-state index contributed by atoms with van der Waals surface area (Å²) in [4.78, 5) is 30.1. The number of carbonyl (C=O) groups excluding carboxylic acids is 2. The van der Waals surface area contributed by atoms with Crippen LogP contribution in [0.3, 0.4) is 0 Å². The molecule has 2 amide bonds. The zero-order valence-corrected chi connectivity index (χ0v) is 19.3. The maximum absolute atomic E-state index is 13.2. The van der Waals surface area contributed by atoms with Crippen LogP contribution in [0.1, 0.15) is 16.7 Å². The largest absolute Gasteiger partial charge is 0.384 e. The Labute approximate surface area is 203 Å². The Balaban J connectivity index is 1.53. The highest BCUT2D eigenvalue weighted by Crippen LogP contribution is 2.20. The molecule has 1 aromatic heterocycles. The van der Waals surface area contributed by atoms with Gasteiger partial charge in [-0.25, -0.2) is 4.98 Å². The Hall–Kier alpha value is -3.90. The average Bonchev–Trinajstić information content (AvgIpc) is 2.85. The third-order valence-corrected chi connectivity index (χ3v) is 5.95. The van der Waals surface area contributed by atoms with Gasteiger partial charge in [-0.3, -0.25) is 9.59 Å². The van der Waals surface area contributed by atoms with E-state index in [-0.39, 0.29) is 24.8 Å². The lowest BCUT2D eigenvalue weighted by molar-refractivity contribution is -0.128. The first-order valence-corrected chi connectivity index (χ1v) is 11.3. The first kappa shape index (κ1) is 23.3. The Morgan fingerprint density at radius 2 is 1.65 bits per heavy atom. The van der Waals surface area contributed by atoms with E-state index in [1.807, 2.05) is 54.6 Å². The van der Waals surface area contributed by atoms with Gasteiger partial charge in [-0.15, -0.1) is 0 Å². The van der Waals surface area contributed by atoms with Crippen molar-refractivity contribution in [1.82, 2.24) is 15.6 Å². The molecule has 1 unspecified atom stereocenters. The number of nitrogens with one attached hydrogen (secondary N) is 2. The van der Waals surface area contributed by atoms with Crippen molar-refractivity contribution in [1.29, 1.82) is 0 Å². The molecule has 4 aromatic rings. The summed E-state index contributed by atoms with van der Waals surface area (Å²) < 4.78 is 0. The smallest absolute Gasteiger partial charge is 0.243 e. The molecule has 6 nitrogen and oxygen atoms in total. The number of aromatic nitrogens is 1. The SMILES string of the molecule is Nc1ccc(CNC(=O)C(Cc2cccc3ccccc23)NC(=O)Cc2ccccc2Cl)cn1. The number of amides is 2. The summed E-state index contributed by atoms with van der Waals surface area (Å²) in [5.41, 5.74) is 8.13. The Bertz CT molecular complexity index is 1300. The van der Waals surface area contributed by atoms with Crippen molar-refractivity contribution in [2.45, 2.75) is 25.4 Å². The molecule has 4 N–H and O–H groups in total. The van der Waals surface area contributed by atoms with Crippen molar-refractivity contribution in [3.05, 3.63) is 107 Å². The number of pyridine rings is 1. The number of rotatable bonds is 8. The molecule has 0 aliphatic carbocycles. The topological polar surface area (TPSA) is 97.1 Å². The molecule has 0 aliphatic heterocycles.